The third-order valence-corrected chi connectivity index (χ3v) is 10.1. The molecule has 8 nitrogen and oxygen atoms in total. The van der Waals surface area contributed by atoms with E-state index in [1.54, 1.807) is 43.3 Å². The lowest BCUT2D eigenvalue weighted by molar-refractivity contribution is -0.190. The molecule has 1 spiro atoms. The number of carbonyl (C=O) groups excluding carboxylic acids is 3. The molecule has 2 fully saturated rings. The topological polar surface area (TPSA) is 113 Å². The zero-order valence-electron chi connectivity index (χ0n) is 23.1. The van der Waals surface area contributed by atoms with Gasteiger partial charge in [-0.05, 0) is 71.9 Å². The molecule has 2 saturated carbocycles. The summed E-state index contributed by atoms with van der Waals surface area (Å²) in [6.45, 7) is 8.88. The van der Waals surface area contributed by atoms with Crippen LogP contribution in [0.2, 0.25) is 5.02 Å². The van der Waals surface area contributed by atoms with Crippen LogP contribution in [0.15, 0.2) is 47.6 Å². The van der Waals surface area contributed by atoms with Gasteiger partial charge in [0.2, 0.25) is 0 Å². The Morgan fingerprint density at radius 3 is 2.46 bits per heavy atom. The van der Waals surface area contributed by atoms with Gasteiger partial charge >= 0.3 is 12.1 Å². The molecule has 2 N–H and O–H groups in total. The monoisotopic (exact) mass is 557 g/mol. The molecule has 1 amide bonds. The summed E-state index contributed by atoms with van der Waals surface area (Å²) in [7, 11) is 1.53. The summed E-state index contributed by atoms with van der Waals surface area (Å²) in [5.74, 6) is -1.40. The number of carbonyl (C=O) groups is 3. The number of hydrogen-bond acceptors (Lipinski definition) is 7. The fraction of sp³-hybridized carbons (Fsp3) is 0.567. The van der Waals surface area contributed by atoms with Crippen LogP contribution in [0.1, 0.15) is 41.0 Å². The van der Waals surface area contributed by atoms with Gasteiger partial charge in [0.1, 0.15) is 12.7 Å². The van der Waals surface area contributed by atoms with Gasteiger partial charge in [0.15, 0.2) is 17.5 Å². The zero-order valence-corrected chi connectivity index (χ0v) is 23.9. The molecule has 4 aliphatic rings. The minimum Gasteiger partial charge on any atom is -0.461 e. The van der Waals surface area contributed by atoms with Crippen molar-refractivity contribution in [2.75, 3.05) is 18.6 Å². The van der Waals surface area contributed by atoms with Crippen molar-refractivity contribution in [1.82, 2.24) is 0 Å². The lowest BCUT2D eigenvalue weighted by Gasteiger charge is -2.49. The van der Waals surface area contributed by atoms with E-state index in [0.717, 1.165) is 0 Å². The summed E-state index contributed by atoms with van der Waals surface area (Å²) in [6.07, 6.45) is 0.382. The van der Waals surface area contributed by atoms with E-state index in [0.29, 0.717) is 22.7 Å². The van der Waals surface area contributed by atoms with Crippen molar-refractivity contribution in [3.05, 3.63) is 52.6 Å². The molecule has 210 valence electrons. The molecule has 0 saturated heterocycles. The van der Waals surface area contributed by atoms with Gasteiger partial charge in [-0.25, -0.2) is 4.79 Å². The molecule has 1 aromatic carbocycles. The first-order valence-electron chi connectivity index (χ1n) is 13.4. The Morgan fingerprint density at radius 1 is 1.21 bits per heavy atom. The first-order valence-corrected chi connectivity index (χ1v) is 13.7. The Morgan fingerprint density at radius 2 is 1.85 bits per heavy atom. The summed E-state index contributed by atoms with van der Waals surface area (Å²) in [4.78, 5) is 40.9. The number of amides is 1. The van der Waals surface area contributed by atoms with Gasteiger partial charge in [0.05, 0.1) is 5.41 Å². The second-order valence-electron chi connectivity index (χ2n) is 12.3. The fourth-order valence-electron chi connectivity index (χ4n) is 7.72. The van der Waals surface area contributed by atoms with E-state index in [-0.39, 0.29) is 41.1 Å². The smallest absolute Gasteiger partial charge is 0.414 e. The number of anilines is 1. The summed E-state index contributed by atoms with van der Waals surface area (Å²) >= 11 is 5.99. The highest BCUT2D eigenvalue weighted by atomic mass is 35.5. The first kappa shape index (κ1) is 27.9. The van der Waals surface area contributed by atoms with E-state index in [4.69, 9.17) is 21.1 Å². The van der Waals surface area contributed by atoms with Crippen LogP contribution < -0.4 is 4.90 Å². The van der Waals surface area contributed by atoms with E-state index in [1.807, 2.05) is 6.92 Å². The van der Waals surface area contributed by atoms with Gasteiger partial charge in [-0.2, -0.15) is 0 Å². The molecule has 8 atom stereocenters. The van der Waals surface area contributed by atoms with Crippen LogP contribution >= 0.6 is 11.6 Å². The Balaban J connectivity index is 1.59. The number of ketones is 1. The van der Waals surface area contributed by atoms with Crippen molar-refractivity contribution in [2.45, 2.75) is 58.8 Å². The van der Waals surface area contributed by atoms with E-state index in [1.165, 1.54) is 18.9 Å². The van der Waals surface area contributed by atoms with Crippen molar-refractivity contribution in [1.29, 1.82) is 0 Å². The second kappa shape index (κ2) is 9.18. The Kier molecular flexibility index (Phi) is 6.56. The standard InChI is InChI=1S/C30H36ClNO7/c1-15-13-29-16(2)11-22-23(28(22,4)5)21(25(29)35)12-18(14-38-17(3)33)24(34)30(29,37)26(15)39-27(36)32(6)20-9-7-19(31)8-10-20/h7-10,12-13,16,21-24,26,34,37H,11,14H2,1-6H3/t16-,21+,22-,23+,24-,26+,29+,30+/m1/s1. The van der Waals surface area contributed by atoms with Gasteiger partial charge in [-0.15, -0.1) is 0 Å². The van der Waals surface area contributed by atoms with Crippen LogP contribution in [-0.4, -0.2) is 59.5 Å². The lowest BCUT2D eigenvalue weighted by Crippen LogP contribution is -2.66. The van der Waals surface area contributed by atoms with Gasteiger partial charge in [-0.3, -0.25) is 14.5 Å². The maximum Gasteiger partial charge on any atom is 0.414 e. The first-order chi connectivity index (χ1) is 18.2. The zero-order chi connectivity index (χ0) is 28.7. The van der Waals surface area contributed by atoms with Crippen molar-refractivity contribution < 1.29 is 34.1 Å². The number of hydrogen-bond donors (Lipinski definition) is 2. The Hall–Kier alpha value is -2.68. The Bertz CT molecular complexity index is 1290. The largest absolute Gasteiger partial charge is 0.461 e. The number of fused-ring (bicyclic) bond motifs is 3. The predicted molar refractivity (Wildman–Crippen MR) is 145 cm³/mol. The van der Waals surface area contributed by atoms with Gasteiger partial charge in [0, 0.05) is 30.6 Å². The van der Waals surface area contributed by atoms with E-state index < -0.39 is 41.2 Å². The SMILES string of the molecule is CC(=O)OCC1=C[C@@H]2C(=O)[C@]3(C=C(C)[C@H](OC(=O)N(C)c4ccc(Cl)cc4)[C@@]3(O)[C@@H]1O)[C@H](C)C[C@@H]1[C@H]2C1(C)C. The van der Waals surface area contributed by atoms with Crippen LogP contribution in [0.4, 0.5) is 10.5 Å². The van der Waals surface area contributed by atoms with Crippen molar-refractivity contribution in [3.63, 3.8) is 0 Å². The van der Waals surface area contributed by atoms with Crippen LogP contribution in [0.5, 0.6) is 0 Å². The number of rotatable bonds is 4. The van der Waals surface area contributed by atoms with Crippen molar-refractivity contribution in [3.8, 4) is 0 Å². The molecular formula is C30H36ClNO7. The molecule has 2 bridgehead atoms. The number of halogens is 1. The number of benzene rings is 1. The number of Topliss-reactive ketones (excluding diaryl/α,β-unsaturated/α-hetero) is 1. The number of esters is 1. The van der Waals surface area contributed by atoms with Gasteiger partial charge in [-0.1, -0.05) is 44.5 Å². The number of ether oxygens (including phenoxy) is 2. The van der Waals surface area contributed by atoms with Crippen molar-refractivity contribution in [2.24, 2.45) is 34.5 Å². The minimum atomic E-state index is -2.20. The van der Waals surface area contributed by atoms with Crippen LogP contribution in [0.25, 0.3) is 0 Å². The molecule has 0 radical (unpaired) electrons. The molecule has 1 aromatic rings. The van der Waals surface area contributed by atoms with Crippen LogP contribution in [0, 0.1) is 34.5 Å². The molecule has 0 aromatic heterocycles. The second-order valence-corrected chi connectivity index (χ2v) is 12.7. The molecule has 0 unspecified atom stereocenters. The number of nitrogens with zero attached hydrogens (tertiary/aromatic N) is 1. The molecule has 0 heterocycles. The summed E-state index contributed by atoms with van der Waals surface area (Å²) in [5.41, 5.74) is -2.55. The quantitative estimate of drug-likeness (QED) is 0.418. The van der Waals surface area contributed by atoms with E-state index >= 15 is 0 Å². The highest BCUT2D eigenvalue weighted by Gasteiger charge is 2.76. The number of allylic oxidation sites excluding steroid dienone is 1. The van der Waals surface area contributed by atoms with Crippen molar-refractivity contribution >= 4 is 35.1 Å². The Labute approximate surface area is 233 Å². The molecule has 0 aliphatic heterocycles. The average molecular weight is 558 g/mol. The highest BCUT2D eigenvalue weighted by Crippen LogP contribution is 2.71. The minimum absolute atomic E-state index is 0.0278. The van der Waals surface area contributed by atoms with Crippen LogP contribution in [-0.2, 0) is 19.1 Å². The molecule has 39 heavy (non-hydrogen) atoms. The lowest BCUT2D eigenvalue weighted by atomic mass is 9.59. The average Bonchev–Trinajstić information content (AvgIpc) is 3.36. The maximum absolute atomic E-state index is 14.6. The number of aliphatic hydroxyl groups excluding tert-OH is 1. The third kappa shape index (κ3) is 3.90. The van der Waals surface area contributed by atoms with E-state index in [2.05, 4.69) is 13.8 Å². The third-order valence-electron chi connectivity index (χ3n) is 9.86. The highest BCUT2D eigenvalue weighted by molar-refractivity contribution is 6.30. The van der Waals surface area contributed by atoms with Gasteiger partial charge < -0.3 is 19.7 Å². The van der Waals surface area contributed by atoms with E-state index in [9.17, 15) is 24.6 Å². The number of aliphatic hydroxyl groups is 2. The maximum atomic E-state index is 14.6. The summed E-state index contributed by atoms with van der Waals surface area (Å²) < 4.78 is 11.2. The summed E-state index contributed by atoms with van der Waals surface area (Å²) in [5, 5.41) is 25.0. The predicted octanol–water partition coefficient (Wildman–Crippen LogP) is 4.32. The van der Waals surface area contributed by atoms with Gasteiger partial charge in [0.25, 0.3) is 0 Å². The normalized spacial score (nSPS) is 37.8. The van der Waals surface area contributed by atoms with Crippen LogP contribution in [0.3, 0.4) is 0 Å². The fourth-order valence-corrected chi connectivity index (χ4v) is 7.84. The molecule has 4 aliphatic carbocycles. The molecule has 5 rings (SSSR count). The molecule has 9 heteroatoms. The summed E-state index contributed by atoms with van der Waals surface area (Å²) in [6, 6.07) is 6.61. The molecular weight excluding hydrogens is 522 g/mol.